The fourth-order valence-electron chi connectivity index (χ4n) is 2.76. The number of rotatable bonds is 2. The van der Waals surface area contributed by atoms with E-state index < -0.39 is 65.1 Å². The van der Waals surface area contributed by atoms with Crippen molar-refractivity contribution in [2.45, 2.75) is 65.1 Å². The van der Waals surface area contributed by atoms with E-state index in [1.165, 1.54) is 0 Å². The minimum absolute atomic E-state index is 8.40. The normalized spacial score (nSPS) is 32.5. The van der Waals surface area contributed by atoms with E-state index in [9.17, 15) is 96.6 Å². The smallest absolute Gasteiger partial charge is 0.223 e. The highest BCUT2D eigenvalue weighted by Gasteiger charge is 3.10. The SMILES string of the molecule is FC(F)(F)C(F)(C(F)(F)F)C(F)(F)C1(F)C(F)(F)C(F)(F)C(F)(C(F)(F)F)C(F)(F)C1(F)F. The van der Waals surface area contributed by atoms with E-state index in [-0.39, 0.29) is 0 Å². The Bertz CT molecular complexity index is 732. The molecule has 1 rings (SSSR count). The molecule has 1 fully saturated rings. The molecular weight excluding hydrogens is 550 g/mol. The van der Waals surface area contributed by atoms with Crippen LogP contribution in [0.15, 0.2) is 0 Å². The Morgan fingerprint density at radius 1 is 0.333 bits per heavy atom. The van der Waals surface area contributed by atoms with Gasteiger partial charge in [-0.15, -0.1) is 0 Å². The molecule has 0 amide bonds. The Morgan fingerprint density at radius 2 is 0.545 bits per heavy atom. The van der Waals surface area contributed by atoms with Gasteiger partial charge in [0, 0.05) is 0 Å². The topological polar surface area (TPSA) is 0 Å². The van der Waals surface area contributed by atoms with Gasteiger partial charge in [-0.2, -0.15) is 83.4 Å². The van der Waals surface area contributed by atoms with Crippen molar-refractivity contribution in [3.05, 3.63) is 0 Å². The van der Waals surface area contributed by atoms with Crippen LogP contribution in [0, 0.1) is 0 Å². The van der Waals surface area contributed by atoms with Gasteiger partial charge in [0.05, 0.1) is 0 Å². The predicted molar refractivity (Wildman–Crippen MR) is 54.4 cm³/mol. The highest BCUT2D eigenvalue weighted by molar-refractivity contribution is 5.36. The Morgan fingerprint density at radius 3 is 0.727 bits per heavy atom. The molecule has 0 aromatic rings. The lowest BCUT2D eigenvalue weighted by atomic mass is 9.62. The summed E-state index contributed by atoms with van der Waals surface area (Å²) in [6.45, 7) is 0. The molecule has 198 valence electrons. The molecule has 0 spiro atoms. The van der Waals surface area contributed by atoms with Crippen LogP contribution in [0.25, 0.3) is 0 Å². The molecular formula is C11F22. The number of alkyl halides is 22. The van der Waals surface area contributed by atoms with Crippen LogP contribution in [-0.2, 0) is 0 Å². The van der Waals surface area contributed by atoms with E-state index in [1.807, 2.05) is 0 Å². The Hall–Kier alpha value is -1.54. The number of halogens is 22. The third-order valence-corrected chi connectivity index (χ3v) is 4.56. The van der Waals surface area contributed by atoms with Gasteiger partial charge in [0.25, 0.3) is 0 Å². The van der Waals surface area contributed by atoms with Crippen LogP contribution >= 0.6 is 0 Å². The first-order chi connectivity index (χ1) is 13.8. The van der Waals surface area contributed by atoms with Crippen molar-refractivity contribution in [1.29, 1.82) is 0 Å². The molecule has 0 radical (unpaired) electrons. The van der Waals surface area contributed by atoms with Gasteiger partial charge in [0.15, 0.2) is 0 Å². The largest absolute Gasteiger partial charge is 0.437 e. The van der Waals surface area contributed by atoms with Crippen LogP contribution in [0.2, 0.25) is 0 Å². The van der Waals surface area contributed by atoms with Crippen LogP contribution < -0.4 is 0 Å². The fraction of sp³-hybridized carbons (Fsp3) is 1.00. The summed E-state index contributed by atoms with van der Waals surface area (Å²) < 4.78 is 289. The van der Waals surface area contributed by atoms with Gasteiger partial charge in [0.1, 0.15) is 0 Å². The average Bonchev–Trinajstić information content (AvgIpc) is 2.54. The third kappa shape index (κ3) is 2.60. The molecule has 0 bridgehead atoms. The lowest BCUT2D eigenvalue weighted by Gasteiger charge is -2.58. The van der Waals surface area contributed by atoms with E-state index in [0.29, 0.717) is 0 Å². The van der Waals surface area contributed by atoms with Crippen LogP contribution in [0.1, 0.15) is 0 Å². The maximum atomic E-state index is 14.2. The summed E-state index contributed by atoms with van der Waals surface area (Å²) in [6.07, 6.45) is -25.6. The molecule has 0 saturated heterocycles. The molecule has 0 atom stereocenters. The second-order valence-corrected chi connectivity index (χ2v) is 6.34. The first-order valence-corrected chi connectivity index (χ1v) is 6.91. The molecule has 0 heterocycles. The number of hydrogen-bond acceptors (Lipinski definition) is 0. The first kappa shape index (κ1) is 29.5. The molecule has 22 heteroatoms. The minimum Gasteiger partial charge on any atom is -0.223 e. The summed E-state index contributed by atoms with van der Waals surface area (Å²) in [6, 6.07) is 0. The second-order valence-electron chi connectivity index (χ2n) is 6.34. The van der Waals surface area contributed by atoms with E-state index in [4.69, 9.17) is 0 Å². The van der Waals surface area contributed by atoms with E-state index >= 15 is 0 Å². The molecule has 1 aliphatic carbocycles. The average molecular weight is 550 g/mol. The minimum atomic E-state index is -9.52. The summed E-state index contributed by atoms with van der Waals surface area (Å²) in [4.78, 5) is 0. The molecule has 33 heavy (non-hydrogen) atoms. The lowest BCUT2D eigenvalue weighted by molar-refractivity contribution is -0.533. The van der Waals surface area contributed by atoms with Gasteiger partial charge < -0.3 is 0 Å². The van der Waals surface area contributed by atoms with Gasteiger partial charge in [-0.05, 0) is 0 Å². The van der Waals surface area contributed by atoms with Gasteiger partial charge in [-0.25, -0.2) is 13.2 Å². The zero-order chi connectivity index (χ0) is 27.5. The molecule has 1 saturated carbocycles. The maximum absolute atomic E-state index is 14.2. The molecule has 0 unspecified atom stereocenters. The summed E-state index contributed by atoms with van der Waals surface area (Å²) in [5, 5.41) is 0. The maximum Gasteiger partial charge on any atom is 0.437 e. The molecule has 0 aromatic heterocycles. The highest BCUT2D eigenvalue weighted by atomic mass is 19.4. The van der Waals surface area contributed by atoms with Crippen molar-refractivity contribution < 1.29 is 96.6 Å². The van der Waals surface area contributed by atoms with Crippen LogP contribution in [0.5, 0.6) is 0 Å². The van der Waals surface area contributed by atoms with Crippen LogP contribution in [-0.4, -0.2) is 65.1 Å². The van der Waals surface area contributed by atoms with Gasteiger partial charge in [-0.3, -0.25) is 0 Å². The van der Waals surface area contributed by atoms with E-state index in [1.54, 1.807) is 0 Å². The molecule has 0 N–H and O–H groups in total. The quantitative estimate of drug-likeness (QED) is 0.326. The van der Waals surface area contributed by atoms with E-state index in [2.05, 4.69) is 0 Å². The standard InChI is InChI=1S/C11F22/c12-1(4(15,16)3(14,10(28,29)30)11(31,32)33)5(17,18)7(21,22)2(13,9(25,26)27)8(23,24)6(1,19)20. The highest BCUT2D eigenvalue weighted by Crippen LogP contribution is 2.77. The summed E-state index contributed by atoms with van der Waals surface area (Å²) >= 11 is 0. The fourth-order valence-corrected chi connectivity index (χ4v) is 2.76. The zero-order valence-corrected chi connectivity index (χ0v) is 13.8. The van der Waals surface area contributed by atoms with Gasteiger partial charge >= 0.3 is 65.1 Å². The van der Waals surface area contributed by atoms with Crippen molar-refractivity contribution in [2.24, 2.45) is 0 Å². The summed E-state index contributed by atoms with van der Waals surface area (Å²) in [5.41, 5.74) is -27.4. The second kappa shape index (κ2) is 6.36. The van der Waals surface area contributed by atoms with Crippen molar-refractivity contribution >= 4 is 0 Å². The lowest BCUT2D eigenvalue weighted by Crippen LogP contribution is -2.93. The predicted octanol–water partition coefficient (Wildman–Crippen LogP) is 6.99. The van der Waals surface area contributed by atoms with Gasteiger partial charge in [0.2, 0.25) is 0 Å². The monoisotopic (exact) mass is 550 g/mol. The van der Waals surface area contributed by atoms with Crippen molar-refractivity contribution in [3.8, 4) is 0 Å². The molecule has 0 aromatic carbocycles. The Kier molecular flexibility index (Phi) is 5.69. The Labute approximate surface area is 163 Å². The Balaban J connectivity index is 4.39. The zero-order valence-electron chi connectivity index (χ0n) is 13.8. The number of hydrogen-bond donors (Lipinski definition) is 0. The van der Waals surface area contributed by atoms with Crippen molar-refractivity contribution in [2.75, 3.05) is 0 Å². The first-order valence-electron chi connectivity index (χ1n) is 6.91. The molecule has 0 aliphatic heterocycles. The summed E-state index contributed by atoms with van der Waals surface area (Å²) in [7, 11) is 0. The van der Waals surface area contributed by atoms with Crippen molar-refractivity contribution in [1.82, 2.24) is 0 Å². The summed E-state index contributed by atoms with van der Waals surface area (Å²) in [5.74, 6) is -46.0. The van der Waals surface area contributed by atoms with E-state index in [0.717, 1.165) is 0 Å². The van der Waals surface area contributed by atoms with Crippen molar-refractivity contribution in [3.63, 3.8) is 0 Å². The third-order valence-electron chi connectivity index (χ3n) is 4.56. The molecule has 1 aliphatic rings. The van der Waals surface area contributed by atoms with Crippen LogP contribution in [0.4, 0.5) is 96.6 Å². The van der Waals surface area contributed by atoms with Crippen LogP contribution in [0.3, 0.4) is 0 Å². The van der Waals surface area contributed by atoms with Gasteiger partial charge in [-0.1, -0.05) is 0 Å². The molecule has 0 nitrogen and oxygen atoms in total.